The molecule has 0 amide bonds. The topological polar surface area (TPSA) is 21.8 Å². The Morgan fingerprint density at radius 3 is 2.38 bits per heavy atom. The molecule has 0 aliphatic carbocycles. The van der Waals surface area contributed by atoms with E-state index in [4.69, 9.17) is 9.16 Å². The van der Waals surface area contributed by atoms with Gasteiger partial charge in [0.15, 0.2) is 8.32 Å². The summed E-state index contributed by atoms with van der Waals surface area (Å²) in [7, 11) is -1.60. The minimum absolute atomic E-state index is 0.262. The van der Waals surface area contributed by atoms with E-state index >= 15 is 0 Å². The zero-order valence-electron chi connectivity index (χ0n) is 11.5. The van der Waals surface area contributed by atoms with E-state index in [9.17, 15) is 0 Å². The van der Waals surface area contributed by atoms with Crippen LogP contribution in [0.2, 0.25) is 18.1 Å². The third-order valence-electron chi connectivity index (χ3n) is 3.87. The van der Waals surface area contributed by atoms with E-state index in [1.54, 1.807) is 0 Å². The first kappa shape index (κ1) is 13.9. The molecule has 0 unspecified atom stereocenters. The van der Waals surface area contributed by atoms with Gasteiger partial charge < -0.3 is 9.16 Å². The third-order valence-corrected chi connectivity index (χ3v) is 8.37. The zero-order valence-corrected chi connectivity index (χ0v) is 12.5. The lowest BCUT2D eigenvalue weighted by Crippen LogP contribution is -2.42. The monoisotopic (exact) mass is 242 g/mol. The quantitative estimate of drug-likeness (QED) is 0.417. The van der Waals surface area contributed by atoms with Crippen LogP contribution in [0, 0.1) is 5.92 Å². The molecule has 0 spiro atoms. The fourth-order valence-electron chi connectivity index (χ4n) is 1.43. The van der Waals surface area contributed by atoms with Gasteiger partial charge in [0.05, 0.1) is 6.10 Å². The van der Waals surface area contributed by atoms with Gasteiger partial charge in [-0.3, -0.25) is 0 Å². The Hall–Kier alpha value is -0.123. The van der Waals surface area contributed by atoms with Crippen LogP contribution in [0.1, 0.15) is 27.7 Å². The van der Waals surface area contributed by atoms with Crippen molar-refractivity contribution in [3.63, 3.8) is 0 Å². The standard InChI is InChI=1S/C13H26O2Si/c1-8-11-12(15-11)10(2)9-14-16(6,7)13(3,4)5/h8,10-12H,1,9H2,2-7H3/t10-,11-,12+/m0/s1. The molecule has 3 atom stereocenters. The van der Waals surface area contributed by atoms with Crippen molar-refractivity contribution in [3.8, 4) is 0 Å². The SMILES string of the molecule is C=C[C@@H]1O[C@@H]1[C@@H](C)CO[Si](C)(C)C(C)(C)C. The molecule has 16 heavy (non-hydrogen) atoms. The largest absolute Gasteiger partial charge is 0.416 e. The Bertz CT molecular complexity index is 255. The van der Waals surface area contributed by atoms with Gasteiger partial charge >= 0.3 is 0 Å². The number of epoxide rings is 1. The molecular formula is C13H26O2Si. The molecule has 3 heteroatoms. The minimum Gasteiger partial charge on any atom is -0.416 e. The van der Waals surface area contributed by atoms with Gasteiger partial charge in [-0.1, -0.05) is 33.8 Å². The maximum absolute atomic E-state index is 6.17. The van der Waals surface area contributed by atoms with E-state index in [1.165, 1.54) is 0 Å². The van der Waals surface area contributed by atoms with Gasteiger partial charge in [0.1, 0.15) is 6.10 Å². The van der Waals surface area contributed by atoms with Crippen molar-refractivity contribution in [1.29, 1.82) is 0 Å². The second-order valence-corrected chi connectivity index (χ2v) is 11.2. The van der Waals surface area contributed by atoms with Crippen LogP contribution in [0.4, 0.5) is 0 Å². The van der Waals surface area contributed by atoms with Crippen LogP contribution in [0.3, 0.4) is 0 Å². The van der Waals surface area contributed by atoms with Gasteiger partial charge in [0, 0.05) is 12.5 Å². The van der Waals surface area contributed by atoms with E-state index in [1.807, 2.05) is 6.08 Å². The van der Waals surface area contributed by atoms with Crippen molar-refractivity contribution in [3.05, 3.63) is 12.7 Å². The van der Waals surface area contributed by atoms with Crippen molar-refractivity contribution in [2.75, 3.05) is 6.61 Å². The Morgan fingerprint density at radius 1 is 1.44 bits per heavy atom. The highest BCUT2D eigenvalue weighted by molar-refractivity contribution is 6.74. The lowest BCUT2D eigenvalue weighted by atomic mass is 10.1. The van der Waals surface area contributed by atoms with Crippen molar-refractivity contribution in [2.45, 2.75) is 58.0 Å². The van der Waals surface area contributed by atoms with Gasteiger partial charge in [-0.05, 0) is 18.1 Å². The van der Waals surface area contributed by atoms with E-state index < -0.39 is 8.32 Å². The fraction of sp³-hybridized carbons (Fsp3) is 0.846. The van der Waals surface area contributed by atoms with Crippen LogP contribution >= 0.6 is 0 Å². The molecule has 94 valence electrons. The van der Waals surface area contributed by atoms with Gasteiger partial charge in [-0.25, -0.2) is 0 Å². The second kappa shape index (κ2) is 4.63. The summed E-state index contributed by atoms with van der Waals surface area (Å²) in [5, 5.41) is 0.287. The number of rotatable bonds is 5. The average Bonchev–Trinajstić information content (AvgIpc) is 2.91. The van der Waals surface area contributed by atoms with E-state index in [0.717, 1.165) is 6.61 Å². The summed E-state index contributed by atoms with van der Waals surface area (Å²) in [5.41, 5.74) is 0. The molecule has 1 aliphatic heterocycles. The van der Waals surface area contributed by atoms with Crippen LogP contribution in [0.5, 0.6) is 0 Å². The van der Waals surface area contributed by atoms with Gasteiger partial charge in [0.2, 0.25) is 0 Å². The molecule has 1 rings (SSSR count). The molecule has 1 fully saturated rings. The lowest BCUT2D eigenvalue weighted by molar-refractivity contribution is 0.207. The molecule has 1 heterocycles. The smallest absolute Gasteiger partial charge is 0.191 e. The van der Waals surface area contributed by atoms with Gasteiger partial charge in [-0.2, -0.15) is 0 Å². The first-order chi connectivity index (χ1) is 7.19. The molecule has 0 aromatic carbocycles. The average molecular weight is 242 g/mol. The summed E-state index contributed by atoms with van der Waals surface area (Å²) in [6.07, 6.45) is 2.48. The molecule has 1 saturated heterocycles. The van der Waals surface area contributed by atoms with E-state index in [2.05, 4.69) is 47.4 Å². The number of hydrogen-bond acceptors (Lipinski definition) is 2. The molecule has 0 aromatic heterocycles. The molecule has 0 bridgehead atoms. The Morgan fingerprint density at radius 2 is 2.00 bits per heavy atom. The first-order valence-electron chi connectivity index (χ1n) is 6.11. The van der Waals surface area contributed by atoms with Crippen LogP contribution in [0.15, 0.2) is 12.7 Å². The van der Waals surface area contributed by atoms with Crippen LogP contribution in [0.25, 0.3) is 0 Å². The van der Waals surface area contributed by atoms with Crippen molar-refractivity contribution >= 4 is 8.32 Å². The van der Waals surface area contributed by atoms with E-state index in [-0.39, 0.29) is 11.1 Å². The Balaban J connectivity index is 2.37. The summed E-state index contributed by atoms with van der Waals surface area (Å²) in [4.78, 5) is 0. The van der Waals surface area contributed by atoms with Crippen LogP contribution in [-0.4, -0.2) is 27.1 Å². The molecule has 0 radical (unpaired) electrons. The van der Waals surface area contributed by atoms with E-state index in [0.29, 0.717) is 12.0 Å². The Labute approximate surface area is 101 Å². The summed E-state index contributed by atoms with van der Waals surface area (Å²) in [6.45, 7) is 18.1. The Kier molecular flexibility index (Phi) is 4.03. The summed E-state index contributed by atoms with van der Waals surface area (Å²) in [6, 6.07) is 0. The lowest BCUT2D eigenvalue weighted by Gasteiger charge is -2.36. The molecular weight excluding hydrogens is 216 g/mol. The first-order valence-corrected chi connectivity index (χ1v) is 9.02. The summed E-state index contributed by atoms with van der Waals surface area (Å²) in [5.74, 6) is 0.470. The van der Waals surface area contributed by atoms with Gasteiger partial charge in [0.25, 0.3) is 0 Å². The maximum Gasteiger partial charge on any atom is 0.191 e. The molecule has 2 nitrogen and oxygen atoms in total. The number of ether oxygens (including phenoxy) is 1. The predicted molar refractivity (Wildman–Crippen MR) is 71.2 cm³/mol. The van der Waals surface area contributed by atoms with Crippen LogP contribution < -0.4 is 0 Å². The van der Waals surface area contributed by atoms with Crippen molar-refractivity contribution in [2.24, 2.45) is 5.92 Å². The zero-order chi connectivity index (χ0) is 12.6. The van der Waals surface area contributed by atoms with Crippen molar-refractivity contribution < 1.29 is 9.16 Å². The highest BCUT2D eigenvalue weighted by atomic mass is 28.4. The molecule has 0 N–H and O–H groups in total. The maximum atomic E-state index is 6.17. The fourth-order valence-corrected chi connectivity index (χ4v) is 2.55. The predicted octanol–water partition coefficient (Wildman–Crippen LogP) is 3.60. The van der Waals surface area contributed by atoms with Crippen LogP contribution in [-0.2, 0) is 9.16 Å². The summed E-state index contributed by atoms with van der Waals surface area (Å²) >= 11 is 0. The minimum atomic E-state index is -1.60. The second-order valence-electron chi connectivity index (χ2n) is 6.35. The molecule has 1 aliphatic rings. The van der Waals surface area contributed by atoms with Gasteiger partial charge in [-0.15, -0.1) is 6.58 Å². The molecule has 0 aromatic rings. The highest BCUT2D eigenvalue weighted by Crippen LogP contribution is 2.38. The highest BCUT2D eigenvalue weighted by Gasteiger charge is 2.43. The third kappa shape index (κ3) is 3.19. The van der Waals surface area contributed by atoms with Crippen molar-refractivity contribution in [1.82, 2.24) is 0 Å². The normalized spacial score (nSPS) is 27.6. The number of hydrogen-bond donors (Lipinski definition) is 0. The summed E-state index contributed by atoms with van der Waals surface area (Å²) < 4.78 is 11.7. The molecule has 0 saturated carbocycles.